The SMILES string of the molecule is C[C@@H](NC(=O)CCn1c(=O)oc2cc(S(=O)(=O)N3CCCC3)ccc21)c1cc2ccccc2o1. The molecule has 0 spiro atoms. The van der Waals surface area contributed by atoms with Gasteiger partial charge in [-0.1, -0.05) is 18.2 Å². The minimum atomic E-state index is -3.62. The van der Waals surface area contributed by atoms with Crippen LogP contribution >= 0.6 is 0 Å². The van der Waals surface area contributed by atoms with Crippen LogP contribution in [0.25, 0.3) is 22.1 Å². The van der Waals surface area contributed by atoms with E-state index in [0.29, 0.717) is 24.4 Å². The number of aryl methyl sites for hydroxylation is 1. The Hall–Kier alpha value is -3.37. The maximum Gasteiger partial charge on any atom is 0.419 e. The number of nitrogens with zero attached hydrogens (tertiary/aromatic N) is 2. The zero-order chi connectivity index (χ0) is 23.9. The van der Waals surface area contributed by atoms with Crippen LogP contribution in [0, 0.1) is 0 Å². The first-order valence-corrected chi connectivity index (χ1v) is 12.7. The number of amides is 1. The predicted octanol–water partition coefficient (Wildman–Crippen LogP) is 3.39. The first-order chi connectivity index (χ1) is 16.3. The van der Waals surface area contributed by atoms with Crippen molar-refractivity contribution in [3.05, 3.63) is 64.8 Å². The third kappa shape index (κ3) is 4.14. The minimum absolute atomic E-state index is 0.0485. The van der Waals surface area contributed by atoms with Gasteiger partial charge in [0.25, 0.3) is 0 Å². The highest BCUT2D eigenvalue weighted by atomic mass is 32.2. The van der Waals surface area contributed by atoms with E-state index in [1.165, 1.54) is 21.0 Å². The molecule has 1 atom stereocenters. The third-order valence-electron chi connectivity index (χ3n) is 6.15. The summed E-state index contributed by atoms with van der Waals surface area (Å²) in [5, 5.41) is 3.84. The van der Waals surface area contributed by atoms with E-state index in [2.05, 4.69) is 5.32 Å². The Kier molecular flexibility index (Phi) is 5.78. The maximum absolute atomic E-state index is 12.8. The second kappa shape index (κ2) is 8.77. The summed E-state index contributed by atoms with van der Waals surface area (Å²) in [7, 11) is -3.62. The fraction of sp³-hybridized carbons (Fsp3) is 0.333. The number of furan rings is 1. The summed E-state index contributed by atoms with van der Waals surface area (Å²) in [5.74, 6) is -0.237. The van der Waals surface area contributed by atoms with Gasteiger partial charge in [0.1, 0.15) is 11.3 Å². The van der Waals surface area contributed by atoms with Crippen LogP contribution < -0.4 is 11.1 Å². The lowest BCUT2D eigenvalue weighted by Gasteiger charge is -2.15. The normalized spacial score (nSPS) is 15.8. The number of sulfonamides is 1. The molecule has 34 heavy (non-hydrogen) atoms. The Balaban J connectivity index is 1.28. The highest BCUT2D eigenvalue weighted by Gasteiger charge is 2.28. The second-order valence-corrected chi connectivity index (χ2v) is 10.4. The molecular weight excluding hydrogens is 458 g/mol. The number of hydrogen-bond donors (Lipinski definition) is 1. The van der Waals surface area contributed by atoms with Gasteiger partial charge in [-0.3, -0.25) is 9.36 Å². The monoisotopic (exact) mass is 483 g/mol. The predicted molar refractivity (Wildman–Crippen MR) is 126 cm³/mol. The molecule has 10 heteroatoms. The number of rotatable bonds is 7. The summed E-state index contributed by atoms with van der Waals surface area (Å²) in [6.07, 6.45) is 1.72. The molecule has 0 bridgehead atoms. The lowest BCUT2D eigenvalue weighted by Crippen LogP contribution is -2.28. The average molecular weight is 484 g/mol. The van der Waals surface area contributed by atoms with Crippen LogP contribution in [0.3, 0.4) is 0 Å². The maximum atomic E-state index is 12.8. The smallest absolute Gasteiger partial charge is 0.419 e. The molecule has 1 aliphatic heterocycles. The van der Waals surface area contributed by atoms with E-state index in [-0.39, 0.29) is 35.4 Å². The van der Waals surface area contributed by atoms with E-state index in [9.17, 15) is 18.0 Å². The summed E-state index contributed by atoms with van der Waals surface area (Å²) in [6, 6.07) is 13.6. The number of carbonyl (C=O) groups is 1. The molecule has 1 N–H and O–H groups in total. The molecule has 5 rings (SSSR count). The van der Waals surface area contributed by atoms with Gasteiger partial charge >= 0.3 is 5.76 Å². The molecule has 0 unspecified atom stereocenters. The van der Waals surface area contributed by atoms with Crippen molar-refractivity contribution >= 4 is 38.0 Å². The lowest BCUT2D eigenvalue weighted by molar-refractivity contribution is -0.122. The molecule has 2 aromatic carbocycles. The van der Waals surface area contributed by atoms with Crippen molar-refractivity contribution in [2.75, 3.05) is 13.1 Å². The molecule has 1 amide bonds. The van der Waals surface area contributed by atoms with Crippen LogP contribution in [0.2, 0.25) is 0 Å². The van der Waals surface area contributed by atoms with Gasteiger partial charge < -0.3 is 14.2 Å². The van der Waals surface area contributed by atoms with Crippen LogP contribution in [0.15, 0.2) is 67.1 Å². The number of oxazole rings is 1. The molecule has 1 fully saturated rings. The molecule has 4 aromatic rings. The van der Waals surface area contributed by atoms with Gasteiger partial charge in [-0.05, 0) is 44.0 Å². The van der Waals surface area contributed by atoms with E-state index < -0.39 is 15.8 Å². The fourth-order valence-electron chi connectivity index (χ4n) is 4.31. The zero-order valence-corrected chi connectivity index (χ0v) is 19.5. The van der Waals surface area contributed by atoms with E-state index in [1.807, 2.05) is 37.3 Å². The standard InChI is InChI=1S/C24H25N3O6S/c1-16(21-14-17-6-2-3-7-20(17)32-21)25-23(28)10-13-27-19-9-8-18(15-22(19)33-24(27)29)34(30,31)26-11-4-5-12-26/h2-3,6-9,14-16H,4-5,10-13H2,1H3,(H,25,28)/t16-/m1/s1. The molecule has 9 nitrogen and oxygen atoms in total. The van der Waals surface area contributed by atoms with Gasteiger partial charge in [-0.15, -0.1) is 0 Å². The Labute approximate surface area is 196 Å². The Morgan fingerprint density at radius 2 is 1.82 bits per heavy atom. The molecule has 3 heterocycles. The number of aromatic nitrogens is 1. The van der Waals surface area contributed by atoms with Crippen molar-refractivity contribution in [2.45, 2.75) is 43.7 Å². The van der Waals surface area contributed by atoms with E-state index in [1.54, 1.807) is 6.07 Å². The summed E-state index contributed by atoms with van der Waals surface area (Å²) >= 11 is 0. The summed E-state index contributed by atoms with van der Waals surface area (Å²) in [6.45, 7) is 2.92. The number of benzene rings is 2. The molecular formula is C24H25N3O6S. The largest absolute Gasteiger partial charge is 0.459 e. The van der Waals surface area contributed by atoms with Crippen molar-refractivity contribution in [1.82, 2.24) is 14.2 Å². The lowest BCUT2D eigenvalue weighted by atomic mass is 10.2. The topological polar surface area (TPSA) is 115 Å². The van der Waals surface area contributed by atoms with Gasteiger partial charge in [0.2, 0.25) is 15.9 Å². The van der Waals surface area contributed by atoms with Gasteiger partial charge in [0.05, 0.1) is 16.5 Å². The molecule has 2 aromatic heterocycles. The number of para-hydroxylation sites is 1. The minimum Gasteiger partial charge on any atom is -0.459 e. The number of nitrogens with one attached hydrogen (secondary N) is 1. The first kappa shape index (κ1) is 22.4. The van der Waals surface area contributed by atoms with Gasteiger partial charge in [-0.2, -0.15) is 4.31 Å². The summed E-state index contributed by atoms with van der Waals surface area (Å²) in [5.41, 5.74) is 1.38. The van der Waals surface area contributed by atoms with Crippen molar-refractivity contribution in [1.29, 1.82) is 0 Å². The zero-order valence-electron chi connectivity index (χ0n) is 18.7. The molecule has 0 radical (unpaired) electrons. The van der Waals surface area contributed by atoms with Gasteiger partial charge in [0, 0.05) is 37.5 Å². The van der Waals surface area contributed by atoms with Crippen LogP contribution in [0.1, 0.15) is 38.0 Å². The first-order valence-electron chi connectivity index (χ1n) is 11.2. The van der Waals surface area contributed by atoms with Crippen molar-refractivity contribution in [3.8, 4) is 0 Å². The Morgan fingerprint density at radius 3 is 2.59 bits per heavy atom. The quantitative estimate of drug-likeness (QED) is 0.431. The Morgan fingerprint density at radius 1 is 1.06 bits per heavy atom. The number of hydrogen-bond acceptors (Lipinski definition) is 6. The molecule has 0 saturated carbocycles. The molecule has 1 aliphatic rings. The highest BCUT2D eigenvalue weighted by Crippen LogP contribution is 2.25. The second-order valence-electron chi connectivity index (χ2n) is 8.49. The van der Waals surface area contributed by atoms with Crippen LogP contribution in [-0.4, -0.2) is 36.3 Å². The molecule has 178 valence electrons. The van der Waals surface area contributed by atoms with Crippen molar-refractivity contribution in [3.63, 3.8) is 0 Å². The molecule has 0 aliphatic carbocycles. The summed E-state index contributed by atoms with van der Waals surface area (Å²) in [4.78, 5) is 25.0. The number of fused-ring (bicyclic) bond motifs is 2. The third-order valence-corrected chi connectivity index (χ3v) is 8.05. The fourth-order valence-corrected chi connectivity index (χ4v) is 5.84. The Bertz CT molecular complexity index is 1490. The summed E-state index contributed by atoms with van der Waals surface area (Å²) < 4.78 is 39.5. The van der Waals surface area contributed by atoms with Gasteiger partial charge in [0.15, 0.2) is 5.58 Å². The van der Waals surface area contributed by atoms with Crippen molar-refractivity contribution in [2.24, 2.45) is 0 Å². The van der Waals surface area contributed by atoms with Crippen molar-refractivity contribution < 1.29 is 22.0 Å². The highest BCUT2D eigenvalue weighted by molar-refractivity contribution is 7.89. The average Bonchev–Trinajstić information content (AvgIpc) is 3.55. The van der Waals surface area contributed by atoms with Crippen LogP contribution in [-0.2, 0) is 21.4 Å². The number of carbonyl (C=O) groups excluding carboxylic acids is 1. The van der Waals surface area contributed by atoms with E-state index in [0.717, 1.165) is 23.8 Å². The van der Waals surface area contributed by atoms with E-state index in [4.69, 9.17) is 8.83 Å². The van der Waals surface area contributed by atoms with Gasteiger partial charge in [-0.25, -0.2) is 13.2 Å². The van der Waals surface area contributed by atoms with E-state index >= 15 is 0 Å². The molecule has 1 saturated heterocycles. The van der Waals surface area contributed by atoms with Crippen LogP contribution in [0.5, 0.6) is 0 Å². The van der Waals surface area contributed by atoms with Crippen LogP contribution in [0.4, 0.5) is 0 Å².